The molecule has 3 aliphatic rings. The fraction of sp³-hybridized carbons (Fsp3) is 1.00. The summed E-state index contributed by atoms with van der Waals surface area (Å²) in [6.45, 7) is 9.60. The van der Waals surface area contributed by atoms with Gasteiger partial charge in [0.15, 0.2) is 0 Å². The van der Waals surface area contributed by atoms with Crippen molar-refractivity contribution in [3.05, 3.63) is 0 Å². The normalized spacial score (nSPS) is 40.9. The summed E-state index contributed by atoms with van der Waals surface area (Å²) in [6.07, 6.45) is 7.38. The Balaban J connectivity index is 1.65. The molecule has 3 atom stereocenters. The Kier molecular flexibility index (Phi) is 3.89. The van der Waals surface area contributed by atoms with E-state index in [0.717, 1.165) is 19.0 Å². The van der Waals surface area contributed by atoms with Crippen LogP contribution in [0.4, 0.5) is 0 Å². The Bertz CT molecular complexity index is 318. The molecule has 0 radical (unpaired) electrons. The summed E-state index contributed by atoms with van der Waals surface area (Å²) in [6, 6.07) is 1.17. The third-order valence-corrected chi connectivity index (χ3v) is 5.66. The third kappa shape index (κ3) is 2.98. The molecule has 110 valence electrons. The smallest absolute Gasteiger partial charge is 0.0695 e. The van der Waals surface area contributed by atoms with Gasteiger partial charge in [-0.1, -0.05) is 20.3 Å². The van der Waals surface area contributed by atoms with Gasteiger partial charge in [-0.25, -0.2) is 0 Å². The van der Waals surface area contributed by atoms with Gasteiger partial charge >= 0.3 is 0 Å². The highest BCUT2D eigenvalue weighted by Gasteiger charge is 2.40. The molecule has 3 unspecified atom stereocenters. The molecule has 0 aromatic carbocycles. The molecule has 1 N–H and O–H groups in total. The molecule has 3 nitrogen and oxygen atoms in total. The second kappa shape index (κ2) is 5.34. The van der Waals surface area contributed by atoms with Crippen molar-refractivity contribution in [2.45, 2.75) is 70.6 Å². The van der Waals surface area contributed by atoms with Crippen molar-refractivity contribution < 1.29 is 5.11 Å². The minimum absolute atomic E-state index is 0.0943. The molecule has 19 heavy (non-hydrogen) atoms. The molecule has 0 bridgehead atoms. The van der Waals surface area contributed by atoms with E-state index in [1.807, 2.05) is 0 Å². The molecule has 0 aromatic rings. The predicted molar refractivity (Wildman–Crippen MR) is 78.2 cm³/mol. The predicted octanol–water partition coefficient (Wildman–Crippen LogP) is 2.10. The van der Waals surface area contributed by atoms with E-state index in [4.69, 9.17) is 0 Å². The number of hydrogen-bond acceptors (Lipinski definition) is 3. The molecule has 0 amide bonds. The highest BCUT2D eigenvalue weighted by Crippen LogP contribution is 2.38. The highest BCUT2D eigenvalue weighted by molar-refractivity contribution is 4.95. The summed E-state index contributed by atoms with van der Waals surface area (Å²) in [7, 11) is 0. The second-order valence-electron chi connectivity index (χ2n) is 7.72. The molecule has 3 rings (SSSR count). The first-order valence-electron chi connectivity index (χ1n) is 8.21. The SMILES string of the molecule is CC1(C)CCC(O)C(N2CCN3CCCCC3C2)C1. The van der Waals surface area contributed by atoms with Crippen molar-refractivity contribution in [3.8, 4) is 0 Å². The van der Waals surface area contributed by atoms with Gasteiger partial charge < -0.3 is 5.11 Å². The van der Waals surface area contributed by atoms with Crippen molar-refractivity contribution in [3.63, 3.8) is 0 Å². The monoisotopic (exact) mass is 266 g/mol. The number of aliphatic hydroxyl groups excluding tert-OH is 1. The van der Waals surface area contributed by atoms with Crippen LogP contribution in [0.1, 0.15) is 52.4 Å². The Morgan fingerprint density at radius 1 is 1.00 bits per heavy atom. The summed E-state index contributed by atoms with van der Waals surface area (Å²) < 4.78 is 0. The molecule has 2 aliphatic heterocycles. The van der Waals surface area contributed by atoms with E-state index in [1.165, 1.54) is 51.7 Å². The van der Waals surface area contributed by atoms with Crippen molar-refractivity contribution >= 4 is 0 Å². The lowest BCUT2D eigenvalue weighted by atomic mass is 9.73. The van der Waals surface area contributed by atoms with Crippen molar-refractivity contribution in [1.29, 1.82) is 0 Å². The van der Waals surface area contributed by atoms with E-state index in [1.54, 1.807) is 0 Å². The van der Waals surface area contributed by atoms with Gasteiger partial charge in [-0.2, -0.15) is 0 Å². The molecule has 3 fully saturated rings. The molecule has 2 saturated heterocycles. The number of hydrogen-bond donors (Lipinski definition) is 1. The van der Waals surface area contributed by atoms with E-state index >= 15 is 0 Å². The maximum absolute atomic E-state index is 10.4. The summed E-state index contributed by atoms with van der Waals surface area (Å²) in [5.74, 6) is 0. The van der Waals surface area contributed by atoms with Crippen molar-refractivity contribution in [1.82, 2.24) is 9.80 Å². The maximum atomic E-state index is 10.4. The fourth-order valence-electron chi connectivity index (χ4n) is 4.39. The number of rotatable bonds is 1. The summed E-state index contributed by atoms with van der Waals surface area (Å²) in [4.78, 5) is 5.29. The number of fused-ring (bicyclic) bond motifs is 1. The molecule has 0 spiro atoms. The highest BCUT2D eigenvalue weighted by atomic mass is 16.3. The van der Waals surface area contributed by atoms with Crippen LogP contribution in [0.3, 0.4) is 0 Å². The first-order valence-corrected chi connectivity index (χ1v) is 8.21. The van der Waals surface area contributed by atoms with Crippen molar-refractivity contribution in [2.24, 2.45) is 5.41 Å². The van der Waals surface area contributed by atoms with E-state index < -0.39 is 0 Å². The Labute approximate surface area is 118 Å². The van der Waals surface area contributed by atoms with Gasteiger partial charge in [0.05, 0.1) is 6.10 Å². The van der Waals surface area contributed by atoms with Gasteiger partial charge in [0.25, 0.3) is 0 Å². The molecule has 1 aliphatic carbocycles. The standard InChI is InChI=1S/C16H30N2O/c1-16(2)7-6-15(19)14(11-16)18-10-9-17-8-4-3-5-13(17)12-18/h13-15,19H,3-12H2,1-2H3. The zero-order chi connectivity index (χ0) is 13.5. The van der Waals surface area contributed by atoms with Crippen LogP contribution in [0, 0.1) is 5.41 Å². The average molecular weight is 266 g/mol. The Morgan fingerprint density at radius 3 is 2.63 bits per heavy atom. The van der Waals surface area contributed by atoms with Gasteiger partial charge in [0, 0.05) is 31.7 Å². The van der Waals surface area contributed by atoms with Crippen LogP contribution in [-0.4, -0.2) is 59.3 Å². The Hall–Kier alpha value is -0.120. The quantitative estimate of drug-likeness (QED) is 0.787. The van der Waals surface area contributed by atoms with E-state index in [-0.39, 0.29) is 6.10 Å². The summed E-state index contributed by atoms with van der Waals surface area (Å²) >= 11 is 0. The van der Waals surface area contributed by atoms with Crippen LogP contribution in [-0.2, 0) is 0 Å². The molecule has 1 saturated carbocycles. The first-order chi connectivity index (χ1) is 9.05. The summed E-state index contributed by atoms with van der Waals surface area (Å²) in [5.41, 5.74) is 0.410. The Morgan fingerprint density at radius 2 is 1.79 bits per heavy atom. The molecule has 2 heterocycles. The zero-order valence-electron chi connectivity index (χ0n) is 12.6. The maximum Gasteiger partial charge on any atom is 0.0695 e. The number of aliphatic hydroxyl groups is 1. The lowest BCUT2D eigenvalue weighted by molar-refractivity contribution is -0.0525. The summed E-state index contributed by atoms with van der Waals surface area (Å²) in [5, 5.41) is 10.4. The van der Waals surface area contributed by atoms with Gasteiger partial charge in [-0.3, -0.25) is 9.80 Å². The van der Waals surface area contributed by atoms with Crippen LogP contribution in [0.5, 0.6) is 0 Å². The van der Waals surface area contributed by atoms with Gasteiger partial charge in [-0.15, -0.1) is 0 Å². The van der Waals surface area contributed by atoms with Gasteiger partial charge in [0.1, 0.15) is 0 Å². The zero-order valence-corrected chi connectivity index (χ0v) is 12.6. The number of nitrogens with zero attached hydrogens (tertiary/aromatic N) is 2. The van der Waals surface area contributed by atoms with Crippen LogP contribution < -0.4 is 0 Å². The van der Waals surface area contributed by atoms with Crippen LogP contribution in [0.25, 0.3) is 0 Å². The molecule has 0 aromatic heterocycles. The van der Waals surface area contributed by atoms with Gasteiger partial charge in [-0.05, 0) is 44.1 Å². The van der Waals surface area contributed by atoms with Crippen LogP contribution in [0.15, 0.2) is 0 Å². The number of piperidine rings is 1. The van der Waals surface area contributed by atoms with Crippen LogP contribution in [0.2, 0.25) is 0 Å². The van der Waals surface area contributed by atoms with E-state index in [9.17, 15) is 5.11 Å². The number of piperazine rings is 1. The molecular weight excluding hydrogens is 236 g/mol. The lowest BCUT2D eigenvalue weighted by Crippen LogP contribution is -2.60. The first kappa shape index (κ1) is 13.8. The minimum Gasteiger partial charge on any atom is -0.391 e. The molecular formula is C16H30N2O. The molecule has 3 heteroatoms. The van der Waals surface area contributed by atoms with E-state index in [0.29, 0.717) is 11.5 Å². The fourth-order valence-corrected chi connectivity index (χ4v) is 4.39. The second-order valence-corrected chi connectivity index (χ2v) is 7.72. The third-order valence-electron chi connectivity index (χ3n) is 5.66. The van der Waals surface area contributed by atoms with E-state index in [2.05, 4.69) is 23.6 Å². The largest absolute Gasteiger partial charge is 0.391 e. The average Bonchev–Trinajstić information content (AvgIpc) is 2.41. The lowest BCUT2D eigenvalue weighted by Gasteiger charge is -2.50. The minimum atomic E-state index is -0.0943. The van der Waals surface area contributed by atoms with Gasteiger partial charge in [0.2, 0.25) is 0 Å². The van der Waals surface area contributed by atoms with Crippen LogP contribution >= 0.6 is 0 Å². The van der Waals surface area contributed by atoms with Crippen molar-refractivity contribution in [2.75, 3.05) is 26.2 Å². The topological polar surface area (TPSA) is 26.7 Å².